The third-order valence-corrected chi connectivity index (χ3v) is 13.8. The van der Waals surface area contributed by atoms with Crippen LogP contribution in [0, 0.1) is 5.82 Å². The molecule has 3 amide bonds. The molecular formula is C46H54Cl2FN9O5. The fourth-order valence-electron chi connectivity index (χ4n) is 9.62. The van der Waals surface area contributed by atoms with Crippen LogP contribution in [0.5, 0.6) is 5.75 Å². The number of ketones is 1. The molecule has 14 nitrogen and oxygen atoms in total. The number of nitrogens with zero attached hydrogens (tertiary/aromatic N) is 7. The van der Waals surface area contributed by atoms with Crippen molar-refractivity contribution in [2.75, 3.05) is 51.6 Å². The number of likely N-dealkylation sites (tertiary alicyclic amines) is 1. The van der Waals surface area contributed by atoms with E-state index in [4.69, 9.17) is 38.8 Å². The molecule has 4 aliphatic heterocycles. The van der Waals surface area contributed by atoms with Crippen LogP contribution >= 0.6 is 23.2 Å². The molecule has 0 radical (unpaired) electrons. The van der Waals surface area contributed by atoms with Gasteiger partial charge in [0, 0.05) is 92.1 Å². The van der Waals surface area contributed by atoms with Gasteiger partial charge in [0.2, 0.25) is 11.8 Å². The number of hydrogen-bond acceptors (Lipinski definition) is 11. The van der Waals surface area contributed by atoms with Crippen LogP contribution in [-0.4, -0.2) is 116 Å². The number of fused-ring (bicyclic) bond motifs is 1. The molecule has 6 heterocycles. The molecule has 0 bridgehead atoms. The summed E-state index contributed by atoms with van der Waals surface area (Å²) in [7, 11) is 0. The Kier molecular flexibility index (Phi) is 14.1. The van der Waals surface area contributed by atoms with Crippen molar-refractivity contribution < 1.29 is 28.3 Å². The van der Waals surface area contributed by atoms with Crippen molar-refractivity contribution in [1.82, 2.24) is 39.9 Å². The number of piperidine rings is 2. The minimum Gasteiger partial charge on any atom is -0.489 e. The molecule has 2 aromatic heterocycles. The molecule has 3 saturated heterocycles. The first kappa shape index (κ1) is 44.7. The molecule has 0 spiro atoms. The smallest absolute Gasteiger partial charge is 0.273 e. The molecule has 0 aliphatic carbocycles. The minimum absolute atomic E-state index is 0.0249. The number of hydrogen-bond donors (Lipinski definition) is 2. The normalized spacial score (nSPS) is 20.7. The van der Waals surface area contributed by atoms with E-state index in [2.05, 4.69) is 27.0 Å². The van der Waals surface area contributed by atoms with E-state index in [9.17, 15) is 23.6 Å². The summed E-state index contributed by atoms with van der Waals surface area (Å²) >= 11 is 12.4. The number of amides is 3. The van der Waals surface area contributed by atoms with Gasteiger partial charge in [0.25, 0.3) is 5.91 Å². The van der Waals surface area contributed by atoms with E-state index in [0.29, 0.717) is 47.8 Å². The number of halogens is 3. The van der Waals surface area contributed by atoms with Gasteiger partial charge in [-0.25, -0.2) is 14.4 Å². The van der Waals surface area contributed by atoms with Crippen LogP contribution in [0.3, 0.4) is 0 Å². The highest BCUT2D eigenvalue weighted by atomic mass is 35.5. The molecule has 3 fully saturated rings. The van der Waals surface area contributed by atoms with E-state index < -0.39 is 11.9 Å². The summed E-state index contributed by atoms with van der Waals surface area (Å²) in [5, 5.41) is 11.0. The fraction of sp³-hybridized carbons (Fsp3) is 0.478. The minimum atomic E-state index is -0.542. The van der Waals surface area contributed by atoms with Gasteiger partial charge in [-0.1, -0.05) is 48.3 Å². The SMILES string of the molecule is CC[C@H](CCC[C@@H]1c2ccccc2C(=O)N1N1C(=O)CCCC1=O)N1CCNC[C@@H]1C(=O)CN1CCC(n2cc(-c3cnc(N)c(OCCc4c(Cl)ccc(F)c4Cl)c3)cn2)CC1. The summed E-state index contributed by atoms with van der Waals surface area (Å²) in [6.07, 6.45) is 11.5. The summed E-state index contributed by atoms with van der Waals surface area (Å²) < 4.78 is 21.9. The number of benzene rings is 2. The average molecular weight is 903 g/mol. The zero-order valence-electron chi connectivity index (χ0n) is 35.5. The van der Waals surface area contributed by atoms with Crippen LogP contribution in [0.25, 0.3) is 11.1 Å². The van der Waals surface area contributed by atoms with Crippen LogP contribution in [0.15, 0.2) is 61.1 Å². The first-order valence-corrected chi connectivity index (χ1v) is 22.8. The van der Waals surface area contributed by atoms with E-state index >= 15 is 0 Å². The maximum Gasteiger partial charge on any atom is 0.273 e. The van der Waals surface area contributed by atoms with Gasteiger partial charge in [0.15, 0.2) is 17.4 Å². The number of carbonyl (C=O) groups is 4. The van der Waals surface area contributed by atoms with Gasteiger partial charge < -0.3 is 15.8 Å². The van der Waals surface area contributed by atoms with Gasteiger partial charge in [0.05, 0.1) is 42.5 Å². The zero-order valence-corrected chi connectivity index (χ0v) is 37.0. The Morgan fingerprint density at radius 3 is 2.59 bits per heavy atom. The summed E-state index contributed by atoms with van der Waals surface area (Å²) in [5.41, 5.74) is 9.64. The predicted molar refractivity (Wildman–Crippen MR) is 238 cm³/mol. The van der Waals surface area contributed by atoms with Crippen molar-refractivity contribution in [2.24, 2.45) is 0 Å². The second-order valence-electron chi connectivity index (χ2n) is 16.9. The highest BCUT2D eigenvalue weighted by Crippen LogP contribution is 2.40. The molecule has 4 aromatic rings. The molecule has 2 aromatic carbocycles. The fourth-order valence-corrected chi connectivity index (χ4v) is 10.2. The van der Waals surface area contributed by atoms with E-state index in [1.165, 1.54) is 17.1 Å². The van der Waals surface area contributed by atoms with Crippen molar-refractivity contribution in [1.29, 1.82) is 0 Å². The molecule has 334 valence electrons. The molecule has 17 heteroatoms. The molecular weight excluding hydrogens is 848 g/mol. The highest BCUT2D eigenvalue weighted by Gasteiger charge is 2.45. The predicted octanol–water partition coefficient (Wildman–Crippen LogP) is 6.67. The first-order chi connectivity index (χ1) is 30.5. The Balaban J connectivity index is 0.839. The summed E-state index contributed by atoms with van der Waals surface area (Å²) in [6.45, 7) is 6.41. The third-order valence-electron chi connectivity index (χ3n) is 13.0. The van der Waals surface area contributed by atoms with E-state index in [1.54, 1.807) is 18.5 Å². The number of nitrogens with one attached hydrogen (secondary N) is 1. The Hall–Kier alpha value is -4.93. The topological polar surface area (TPSA) is 159 Å². The number of aromatic nitrogens is 3. The maximum atomic E-state index is 14.1. The van der Waals surface area contributed by atoms with Crippen molar-refractivity contribution in [3.63, 3.8) is 0 Å². The lowest BCUT2D eigenvalue weighted by Gasteiger charge is -2.42. The molecule has 8 rings (SSSR count). The second-order valence-corrected chi connectivity index (χ2v) is 17.7. The van der Waals surface area contributed by atoms with Gasteiger partial charge in [0.1, 0.15) is 5.82 Å². The third kappa shape index (κ3) is 9.63. The maximum absolute atomic E-state index is 14.1. The highest BCUT2D eigenvalue weighted by molar-refractivity contribution is 6.36. The van der Waals surface area contributed by atoms with Crippen molar-refractivity contribution in [2.45, 2.75) is 95.3 Å². The Morgan fingerprint density at radius 2 is 1.81 bits per heavy atom. The Morgan fingerprint density at radius 1 is 1.03 bits per heavy atom. The number of imide groups is 1. The molecule has 0 saturated carbocycles. The number of anilines is 1. The number of pyridine rings is 1. The molecule has 4 aliphatic rings. The second kappa shape index (κ2) is 19.9. The van der Waals surface area contributed by atoms with Crippen LogP contribution in [0.1, 0.15) is 98.3 Å². The Labute approximate surface area is 376 Å². The van der Waals surface area contributed by atoms with Gasteiger partial charge in [-0.3, -0.25) is 33.7 Å². The number of carbonyl (C=O) groups excluding carboxylic acids is 4. The molecule has 63 heavy (non-hydrogen) atoms. The standard InChI is InChI=1S/C46H54Cl2FN9O5/c1-2-31(7-5-10-38-33-8-3-4-9-34(33)46(62)57(38)58-42(60)11-6-12-43(58)61)55-21-18-51-26-39(55)40(59)28-54-19-15-32(16-20-54)56-27-30(25-53-56)29-23-41(45(50)52-24-29)63-22-17-35-36(47)13-14-37(49)44(35)48/h3-4,8-9,13-14,23-25,27,31-32,38-39,51H,2,5-7,10-12,15-22,26,28H2,1H3,(H2,50,52)/t31-,38-,39-/m1/s1. The number of Topliss-reactive ketones (excluding diaryl/α,β-unsaturated/α-hetero) is 1. The van der Waals surface area contributed by atoms with Crippen LogP contribution < -0.4 is 15.8 Å². The Bertz CT molecular complexity index is 2320. The number of piperazine rings is 1. The first-order valence-electron chi connectivity index (χ1n) is 22.1. The van der Waals surface area contributed by atoms with Gasteiger partial charge in [-0.15, -0.1) is 0 Å². The summed E-state index contributed by atoms with van der Waals surface area (Å²) in [6, 6.07) is 11.6. The zero-order chi connectivity index (χ0) is 44.2. The lowest BCUT2D eigenvalue weighted by molar-refractivity contribution is -0.166. The van der Waals surface area contributed by atoms with Crippen molar-refractivity contribution >= 4 is 52.5 Å². The quantitative estimate of drug-likeness (QED) is 0.0914. The van der Waals surface area contributed by atoms with Gasteiger partial charge in [-0.05, 0) is 80.3 Å². The van der Waals surface area contributed by atoms with Crippen LogP contribution in [0.4, 0.5) is 10.2 Å². The van der Waals surface area contributed by atoms with Crippen molar-refractivity contribution in [3.8, 4) is 16.9 Å². The summed E-state index contributed by atoms with van der Waals surface area (Å²) in [4.78, 5) is 62.6. The average Bonchev–Trinajstić information content (AvgIpc) is 3.89. The van der Waals surface area contributed by atoms with E-state index in [0.717, 1.165) is 80.0 Å². The van der Waals surface area contributed by atoms with Crippen LogP contribution in [-0.2, 0) is 20.8 Å². The van der Waals surface area contributed by atoms with Gasteiger partial charge in [-0.2, -0.15) is 10.1 Å². The summed E-state index contributed by atoms with van der Waals surface area (Å²) in [5.74, 6) is -0.665. The van der Waals surface area contributed by atoms with Crippen LogP contribution in [0.2, 0.25) is 10.0 Å². The van der Waals surface area contributed by atoms with E-state index in [-0.39, 0.29) is 78.3 Å². The molecule has 0 unspecified atom stereocenters. The largest absolute Gasteiger partial charge is 0.489 e. The van der Waals surface area contributed by atoms with E-state index in [1.807, 2.05) is 35.1 Å². The van der Waals surface area contributed by atoms with Crippen molar-refractivity contribution in [3.05, 3.63) is 93.6 Å². The van der Waals surface area contributed by atoms with Gasteiger partial charge >= 0.3 is 0 Å². The monoisotopic (exact) mass is 901 g/mol. The molecule has 3 atom stereocenters. The number of hydrazine groups is 1. The lowest BCUT2D eigenvalue weighted by Crippen LogP contribution is -2.60. The number of ether oxygens (including phenoxy) is 1. The molecule has 3 N–H and O–H groups in total. The number of nitrogen functional groups attached to an aromatic ring is 1. The number of nitrogens with two attached hydrogens (primary N) is 1. The lowest BCUT2D eigenvalue weighted by atomic mass is 9.95. The number of rotatable bonds is 16.